The van der Waals surface area contributed by atoms with E-state index in [-0.39, 0.29) is 18.5 Å². The molecule has 0 unspecified atom stereocenters. The zero-order chi connectivity index (χ0) is 14.5. The zero-order valence-corrected chi connectivity index (χ0v) is 11.8. The quantitative estimate of drug-likeness (QED) is 0.683. The third-order valence-electron chi connectivity index (χ3n) is 3.40. The minimum atomic E-state index is -0.362. The third kappa shape index (κ3) is 3.18. The topological polar surface area (TPSA) is 52.3 Å². The van der Waals surface area contributed by atoms with Crippen molar-refractivity contribution in [1.82, 2.24) is 0 Å². The van der Waals surface area contributed by atoms with Gasteiger partial charge in [-0.05, 0) is 30.5 Å². The Morgan fingerprint density at radius 2 is 1.85 bits per heavy atom. The largest absolute Gasteiger partial charge is 0.460 e. The van der Waals surface area contributed by atoms with Gasteiger partial charge < -0.3 is 10.5 Å². The summed E-state index contributed by atoms with van der Waals surface area (Å²) < 4.78 is 5.34. The number of esters is 1. The Morgan fingerprint density at radius 1 is 1.15 bits per heavy atom. The van der Waals surface area contributed by atoms with Crippen LogP contribution in [0.25, 0.3) is 0 Å². The number of aryl methyl sites for hydroxylation is 1. The van der Waals surface area contributed by atoms with E-state index in [2.05, 4.69) is 0 Å². The highest BCUT2D eigenvalue weighted by Gasteiger charge is 2.19. The molecule has 0 saturated carbocycles. The van der Waals surface area contributed by atoms with E-state index in [1.54, 1.807) is 0 Å². The molecular weight excluding hydrogens is 250 g/mol. The van der Waals surface area contributed by atoms with E-state index < -0.39 is 0 Å². The van der Waals surface area contributed by atoms with Gasteiger partial charge in [-0.15, -0.1) is 0 Å². The van der Waals surface area contributed by atoms with E-state index in [4.69, 9.17) is 10.5 Å². The first-order valence-electron chi connectivity index (χ1n) is 6.65. The maximum atomic E-state index is 12.1. The minimum Gasteiger partial charge on any atom is -0.460 e. The molecule has 0 saturated heterocycles. The van der Waals surface area contributed by atoms with Crippen LogP contribution in [0.1, 0.15) is 29.5 Å². The number of nitrogen functional groups attached to an aromatic ring is 1. The van der Waals surface area contributed by atoms with Gasteiger partial charge in [0.1, 0.15) is 6.61 Å². The molecule has 0 radical (unpaired) electrons. The number of ether oxygens (including phenoxy) is 1. The highest BCUT2D eigenvalue weighted by molar-refractivity contribution is 5.80. The molecule has 2 N–H and O–H groups in total. The molecule has 3 heteroatoms. The Labute approximate surface area is 119 Å². The van der Waals surface area contributed by atoms with Crippen molar-refractivity contribution < 1.29 is 9.53 Å². The van der Waals surface area contributed by atoms with Crippen LogP contribution in [0.2, 0.25) is 0 Å². The van der Waals surface area contributed by atoms with Crippen LogP contribution < -0.4 is 5.73 Å². The number of carbonyl (C=O) groups is 1. The van der Waals surface area contributed by atoms with Crippen LogP contribution in [0.4, 0.5) is 5.69 Å². The van der Waals surface area contributed by atoms with Crippen LogP contribution in [0.5, 0.6) is 0 Å². The SMILES string of the molecule is Cc1cccc([C@H](C)C(=O)OCc2ccccc2)c1N. The molecule has 2 rings (SSSR count). The van der Waals surface area contributed by atoms with Crippen molar-refractivity contribution in [3.8, 4) is 0 Å². The van der Waals surface area contributed by atoms with Gasteiger partial charge in [0.2, 0.25) is 0 Å². The summed E-state index contributed by atoms with van der Waals surface area (Å²) in [7, 11) is 0. The second kappa shape index (κ2) is 6.24. The number of hydrogen-bond acceptors (Lipinski definition) is 3. The molecule has 0 amide bonds. The molecular formula is C17H19NO2. The smallest absolute Gasteiger partial charge is 0.313 e. The van der Waals surface area contributed by atoms with E-state index >= 15 is 0 Å². The standard InChI is InChI=1S/C17H19NO2/c1-12-7-6-10-15(16(12)18)13(2)17(19)20-11-14-8-4-3-5-9-14/h3-10,13H,11,18H2,1-2H3/t13-/m0/s1. The number of carbonyl (C=O) groups excluding carboxylic acids is 1. The predicted molar refractivity (Wildman–Crippen MR) is 80.2 cm³/mol. The predicted octanol–water partition coefficient (Wildman–Crippen LogP) is 3.42. The summed E-state index contributed by atoms with van der Waals surface area (Å²) in [4.78, 5) is 12.1. The summed E-state index contributed by atoms with van der Waals surface area (Å²) in [5, 5.41) is 0. The molecule has 2 aromatic carbocycles. The summed E-state index contributed by atoms with van der Waals surface area (Å²) in [6.07, 6.45) is 0. The van der Waals surface area contributed by atoms with Crippen molar-refractivity contribution in [3.05, 3.63) is 65.2 Å². The monoisotopic (exact) mass is 269 g/mol. The summed E-state index contributed by atoms with van der Waals surface area (Å²) in [5.41, 5.74) is 9.46. The van der Waals surface area contributed by atoms with Crippen molar-refractivity contribution in [2.45, 2.75) is 26.4 Å². The van der Waals surface area contributed by atoms with E-state index in [9.17, 15) is 4.79 Å². The summed E-state index contributed by atoms with van der Waals surface area (Å²) in [5.74, 6) is -0.621. The molecule has 0 aromatic heterocycles. The molecule has 2 aromatic rings. The second-order valence-corrected chi connectivity index (χ2v) is 4.89. The lowest BCUT2D eigenvalue weighted by molar-refractivity contribution is -0.146. The number of hydrogen-bond donors (Lipinski definition) is 1. The Balaban J connectivity index is 2.04. The number of anilines is 1. The molecule has 0 bridgehead atoms. The fourth-order valence-electron chi connectivity index (χ4n) is 2.06. The first kappa shape index (κ1) is 14.1. The van der Waals surface area contributed by atoms with Gasteiger partial charge >= 0.3 is 5.97 Å². The van der Waals surface area contributed by atoms with Gasteiger partial charge in [-0.2, -0.15) is 0 Å². The van der Waals surface area contributed by atoms with E-state index in [0.717, 1.165) is 16.7 Å². The lowest BCUT2D eigenvalue weighted by Crippen LogP contribution is -2.15. The van der Waals surface area contributed by atoms with Crippen LogP contribution in [-0.4, -0.2) is 5.97 Å². The highest BCUT2D eigenvalue weighted by Crippen LogP contribution is 2.26. The lowest BCUT2D eigenvalue weighted by atomic mass is 9.97. The van der Waals surface area contributed by atoms with Gasteiger partial charge in [0.05, 0.1) is 5.92 Å². The molecule has 0 aliphatic heterocycles. The van der Waals surface area contributed by atoms with Gasteiger partial charge in [-0.3, -0.25) is 4.79 Å². The normalized spacial score (nSPS) is 11.9. The van der Waals surface area contributed by atoms with E-state index in [1.165, 1.54) is 0 Å². The molecule has 3 nitrogen and oxygen atoms in total. The number of nitrogens with two attached hydrogens (primary N) is 1. The zero-order valence-electron chi connectivity index (χ0n) is 11.8. The van der Waals surface area contributed by atoms with Crippen molar-refractivity contribution in [2.24, 2.45) is 0 Å². The summed E-state index contributed by atoms with van der Waals surface area (Å²) in [6.45, 7) is 4.04. The molecule has 20 heavy (non-hydrogen) atoms. The fraction of sp³-hybridized carbons (Fsp3) is 0.235. The van der Waals surface area contributed by atoms with Gasteiger partial charge in [-0.25, -0.2) is 0 Å². The minimum absolute atomic E-state index is 0.258. The number of rotatable bonds is 4. The molecule has 0 aliphatic carbocycles. The van der Waals surface area contributed by atoms with Crippen LogP contribution in [-0.2, 0) is 16.1 Å². The Bertz CT molecular complexity index is 593. The fourth-order valence-corrected chi connectivity index (χ4v) is 2.06. The Morgan fingerprint density at radius 3 is 2.55 bits per heavy atom. The highest BCUT2D eigenvalue weighted by atomic mass is 16.5. The van der Waals surface area contributed by atoms with Gasteiger partial charge in [0.25, 0.3) is 0 Å². The van der Waals surface area contributed by atoms with Crippen LogP contribution in [0.15, 0.2) is 48.5 Å². The van der Waals surface area contributed by atoms with E-state index in [0.29, 0.717) is 5.69 Å². The molecule has 1 atom stereocenters. The molecule has 0 aliphatic rings. The lowest BCUT2D eigenvalue weighted by Gasteiger charge is -2.15. The number of para-hydroxylation sites is 1. The van der Waals surface area contributed by atoms with Crippen molar-refractivity contribution >= 4 is 11.7 Å². The van der Waals surface area contributed by atoms with Crippen molar-refractivity contribution in [1.29, 1.82) is 0 Å². The van der Waals surface area contributed by atoms with Crippen LogP contribution in [0, 0.1) is 6.92 Å². The molecule has 0 spiro atoms. The van der Waals surface area contributed by atoms with Crippen LogP contribution >= 0.6 is 0 Å². The average Bonchev–Trinajstić information content (AvgIpc) is 2.48. The van der Waals surface area contributed by atoms with Gasteiger partial charge in [0, 0.05) is 5.69 Å². The van der Waals surface area contributed by atoms with Crippen LogP contribution in [0.3, 0.4) is 0 Å². The summed E-state index contributed by atoms with van der Waals surface area (Å²) >= 11 is 0. The second-order valence-electron chi connectivity index (χ2n) is 4.89. The van der Waals surface area contributed by atoms with E-state index in [1.807, 2.05) is 62.4 Å². The maximum absolute atomic E-state index is 12.1. The third-order valence-corrected chi connectivity index (χ3v) is 3.40. The van der Waals surface area contributed by atoms with Crippen molar-refractivity contribution in [2.75, 3.05) is 5.73 Å². The summed E-state index contributed by atoms with van der Waals surface area (Å²) in [6, 6.07) is 15.3. The number of benzene rings is 2. The van der Waals surface area contributed by atoms with Gasteiger partial charge in [-0.1, -0.05) is 48.5 Å². The van der Waals surface area contributed by atoms with Gasteiger partial charge in [0.15, 0.2) is 0 Å². The molecule has 104 valence electrons. The Hall–Kier alpha value is -2.29. The maximum Gasteiger partial charge on any atom is 0.313 e. The van der Waals surface area contributed by atoms with Crippen molar-refractivity contribution in [3.63, 3.8) is 0 Å². The Kier molecular flexibility index (Phi) is 4.41. The first-order chi connectivity index (χ1) is 9.59. The first-order valence-corrected chi connectivity index (χ1v) is 6.65. The molecule has 0 fully saturated rings. The molecule has 0 heterocycles. The average molecular weight is 269 g/mol.